The van der Waals surface area contributed by atoms with Gasteiger partial charge in [-0.25, -0.2) is 9.79 Å². The molecule has 3 aromatic carbocycles. The number of allylic oxidation sites excluding steroid dienone is 1. The molecule has 0 amide bonds. The highest BCUT2D eigenvalue weighted by molar-refractivity contribution is 7.07. The fourth-order valence-corrected chi connectivity index (χ4v) is 6.84. The molecule has 0 N–H and O–H groups in total. The first-order chi connectivity index (χ1) is 22.0. The summed E-state index contributed by atoms with van der Waals surface area (Å²) in [5, 5.41) is 1.26. The molecular formula is C34H31Cl3N2O6S. The molecule has 240 valence electrons. The Hall–Kier alpha value is -3.76. The fraction of sp³-hybridized carbons (Fsp3) is 0.265. The number of halogens is 3. The van der Waals surface area contributed by atoms with Crippen LogP contribution in [0.3, 0.4) is 0 Å². The van der Waals surface area contributed by atoms with E-state index >= 15 is 0 Å². The smallest absolute Gasteiger partial charge is 0.338 e. The first kappa shape index (κ1) is 33.6. The van der Waals surface area contributed by atoms with Crippen molar-refractivity contribution in [2.45, 2.75) is 46.4 Å². The maximum atomic E-state index is 14.1. The number of fused-ring (bicyclic) bond motifs is 1. The van der Waals surface area contributed by atoms with E-state index in [2.05, 4.69) is 4.99 Å². The van der Waals surface area contributed by atoms with Gasteiger partial charge in [0.25, 0.3) is 5.56 Å². The van der Waals surface area contributed by atoms with Gasteiger partial charge >= 0.3 is 5.97 Å². The monoisotopic (exact) mass is 700 g/mol. The third-order valence-corrected chi connectivity index (χ3v) is 8.88. The zero-order chi connectivity index (χ0) is 33.1. The van der Waals surface area contributed by atoms with Gasteiger partial charge in [-0.15, -0.1) is 0 Å². The van der Waals surface area contributed by atoms with Gasteiger partial charge in [0.15, 0.2) is 16.3 Å². The molecule has 0 fully saturated rings. The van der Waals surface area contributed by atoms with Gasteiger partial charge in [0.2, 0.25) is 0 Å². The van der Waals surface area contributed by atoms with Crippen LogP contribution in [0.4, 0.5) is 0 Å². The minimum atomic E-state index is -0.819. The summed E-state index contributed by atoms with van der Waals surface area (Å²) >= 11 is 20.2. The lowest BCUT2D eigenvalue weighted by Crippen LogP contribution is -2.40. The van der Waals surface area contributed by atoms with Gasteiger partial charge in [-0.3, -0.25) is 9.36 Å². The van der Waals surface area contributed by atoms with E-state index in [9.17, 15) is 9.59 Å². The van der Waals surface area contributed by atoms with E-state index in [4.69, 9.17) is 53.8 Å². The summed E-state index contributed by atoms with van der Waals surface area (Å²) in [5.74, 6) is 0.704. The molecule has 1 aliphatic heterocycles. The number of carbonyl (C=O) groups is 1. The van der Waals surface area contributed by atoms with Crippen LogP contribution < -0.4 is 29.1 Å². The maximum absolute atomic E-state index is 14.1. The molecule has 4 aromatic rings. The average Bonchev–Trinajstić information content (AvgIpc) is 3.30. The molecule has 0 spiro atoms. The Bertz CT molecular complexity index is 2020. The molecule has 46 heavy (non-hydrogen) atoms. The summed E-state index contributed by atoms with van der Waals surface area (Å²) in [6.07, 6.45) is 1.57. The molecule has 2 heterocycles. The van der Waals surface area contributed by atoms with Crippen LogP contribution in [-0.2, 0) is 16.1 Å². The molecule has 0 aliphatic carbocycles. The summed E-state index contributed by atoms with van der Waals surface area (Å²) < 4.78 is 25.0. The number of esters is 1. The van der Waals surface area contributed by atoms with Gasteiger partial charge in [-0.05, 0) is 69.7 Å². The number of rotatable bonds is 10. The van der Waals surface area contributed by atoms with Gasteiger partial charge in [0.05, 0.1) is 40.6 Å². The average molecular weight is 702 g/mol. The van der Waals surface area contributed by atoms with Crippen molar-refractivity contribution in [2.75, 3.05) is 13.7 Å². The highest BCUT2D eigenvalue weighted by Gasteiger charge is 2.35. The number of hydrogen-bond acceptors (Lipinski definition) is 8. The van der Waals surface area contributed by atoms with Crippen LogP contribution in [0.5, 0.6) is 17.2 Å². The Labute approximate surface area is 285 Å². The molecule has 1 atom stereocenters. The molecule has 0 saturated carbocycles. The molecule has 1 aromatic heterocycles. The van der Waals surface area contributed by atoms with Crippen molar-refractivity contribution >= 4 is 58.2 Å². The zero-order valence-electron chi connectivity index (χ0n) is 25.7. The van der Waals surface area contributed by atoms with E-state index < -0.39 is 12.0 Å². The molecule has 1 aliphatic rings. The van der Waals surface area contributed by atoms with Crippen LogP contribution in [0.2, 0.25) is 15.1 Å². The van der Waals surface area contributed by atoms with Gasteiger partial charge in [0.1, 0.15) is 18.4 Å². The van der Waals surface area contributed by atoms with Gasteiger partial charge in [0, 0.05) is 21.2 Å². The summed E-state index contributed by atoms with van der Waals surface area (Å²) in [4.78, 5) is 32.5. The number of ether oxygens (including phenoxy) is 4. The predicted molar refractivity (Wildman–Crippen MR) is 181 cm³/mol. The second kappa shape index (κ2) is 14.3. The number of thiazole rings is 1. The van der Waals surface area contributed by atoms with E-state index in [0.29, 0.717) is 53.5 Å². The largest absolute Gasteiger partial charge is 0.493 e. The Morgan fingerprint density at radius 1 is 1.07 bits per heavy atom. The summed E-state index contributed by atoms with van der Waals surface area (Å²) in [6, 6.07) is 15.1. The number of nitrogens with zero attached hydrogens (tertiary/aromatic N) is 2. The van der Waals surface area contributed by atoms with Crippen molar-refractivity contribution in [1.82, 2.24) is 4.57 Å². The highest BCUT2D eigenvalue weighted by atomic mass is 35.5. The normalized spacial score (nSPS) is 14.6. The van der Waals surface area contributed by atoms with Gasteiger partial charge < -0.3 is 18.9 Å². The van der Waals surface area contributed by atoms with Crippen LogP contribution >= 0.6 is 46.1 Å². The Balaban J connectivity index is 1.60. The number of aromatic nitrogens is 1. The lowest BCUT2D eigenvalue weighted by Gasteiger charge is -2.26. The number of hydrogen-bond donors (Lipinski definition) is 0. The van der Waals surface area contributed by atoms with Crippen molar-refractivity contribution in [3.63, 3.8) is 0 Å². The van der Waals surface area contributed by atoms with E-state index in [0.717, 1.165) is 5.56 Å². The molecule has 0 bridgehead atoms. The molecular weight excluding hydrogens is 671 g/mol. The Morgan fingerprint density at radius 2 is 1.83 bits per heavy atom. The van der Waals surface area contributed by atoms with Crippen molar-refractivity contribution < 1.29 is 23.7 Å². The summed E-state index contributed by atoms with van der Waals surface area (Å²) in [6.45, 7) is 7.61. The Kier molecular flexibility index (Phi) is 10.5. The van der Waals surface area contributed by atoms with Gasteiger partial charge in [-0.1, -0.05) is 70.4 Å². The lowest BCUT2D eigenvalue weighted by molar-refractivity contribution is -0.139. The summed E-state index contributed by atoms with van der Waals surface area (Å²) in [7, 11) is 1.50. The number of benzene rings is 3. The van der Waals surface area contributed by atoms with E-state index in [1.54, 1.807) is 50.3 Å². The third kappa shape index (κ3) is 6.98. The van der Waals surface area contributed by atoms with E-state index in [1.807, 2.05) is 38.1 Å². The first-order valence-corrected chi connectivity index (χ1v) is 16.4. The van der Waals surface area contributed by atoms with Crippen LogP contribution in [0, 0.1) is 0 Å². The number of methoxy groups -OCH3 is 1. The minimum Gasteiger partial charge on any atom is -0.493 e. The molecule has 0 radical (unpaired) electrons. The van der Waals surface area contributed by atoms with Gasteiger partial charge in [-0.2, -0.15) is 0 Å². The highest BCUT2D eigenvalue weighted by Crippen LogP contribution is 2.38. The molecule has 8 nitrogen and oxygen atoms in total. The second-order valence-corrected chi connectivity index (χ2v) is 12.8. The molecule has 12 heteroatoms. The number of para-hydroxylation sites is 1. The molecule has 5 rings (SSSR count). The van der Waals surface area contributed by atoms with Crippen molar-refractivity contribution in [2.24, 2.45) is 4.99 Å². The maximum Gasteiger partial charge on any atom is 0.338 e. The zero-order valence-corrected chi connectivity index (χ0v) is 28.8. The summed E-state index contributed by atoms with van der Waals surface area (Å²) in [5.41, 5.74) is 2.37. The fourth-order valence-electron chi connectivity index (χ4n) is 5.06. The third-order valence-electron chi connectivity index (χ3n) is 7.03. The van der Waals surface area contributed by atoms with Crippen LogP contribution in [-0.4, -0.2) is 30.4 Å². The van der Waals surface area contributed by atoms with Crippen molar-refractivity contribution in [1.29, 1.82) is 0 Å². The quantitative estimate of drug-likeness (QED) is 0.164. The predicted octanol–water partition coefficient (Wildman–Crippen LogP) is 7.13. The topological polar surface area (TPSA) is 88.4 Å². The lowest BCUT2D eigenvalue weighted by atomic mass is 9.95. The number of carbonyl (C=O) groups excluding carboxylic acids is 1. The molecule has 0 unspecified atom stereocenters. The first-order valence-electron chi connectivity index (χ1n) is 14.4. The van der Waals surface area contributed by atoms with Crippen LogP contribution in [0.1, 0.15) is 50.4 Å². The second-order valence-electron chi connectivity index (χ2n) is 10.6. The minimum absolute atomic E-state index is 0.133. The SMILES string of the molecule is CCOC(=O)C1=C(C)N=c2s/c(=C/c3cc(Cl)c(OCc4ccc(Cl)cc4Cl)c(OC)c3)c(=O)n2[C@@H]1c1ccccc1OC(C)C. The molecule has 0 saturated heterocycles. The van der Waals surface area contributed by atoms with Crippen LogP contribution in [0.25, 0.3) is 6.08 Å². The standard InChI is InChI=1S/C34H31Cl3N2O6S/c1-6-43-33(41)29-19(4)38-34-39(30(29)23-9-7-8-10-26(23)45-18(2)3)32(40)28(46-34)15-20-13-25(37)31(27(14-20)42-5)44-17-21-11-12-22(35)16-24(21)36/h7-16,18,30H,6,17H2,1-5H3/b28-15+/t30-/m1/s1. The Morgan fingerprint density at radius 3 is 2.52 bits per heavy atom. The van der Waals surface area contributed by atoms with Crippen molar-refractivity contribution in [3.05, 3.63) is 117 Å². The van der Waals surface area contributed by atoms with Crippen LogP contribution in [0.15, 0.2) is 75.7 Å². The van der Waals surface area contributed by atoms with E-state index in [1.165, 1.54) is 23.0 Å². The van der Waals surface area contributed by atoms with E-state index in [-0.39, 0.29) is 35.5 Å². The van der Waals surface area contributed by atoms with Crippen molar-refractivity contribution in [3.8, 4) is 17.2 Å².